The highest BCUT2D eigenvalue weighted by Gasteiger charge is 2.41. The molecule has 108 valence electrons. The van der Waals surface area contributed by atoms with Crippen molar-refractivity contribution in [2.75, 3.05) is 13.1 Å². The first kappa shape index (κ1) is 14.1. The number of ether oxygens (including phenoxy) is 1. The van der Waals surface area contributed by atoms with Crippen molar-refractivity contribution in [1.82, 2.24) is 10.2 Å². The van der Waals surface area contributed by atoms with Crippen LogP contribution in [0.25, 0.3) is 0 Å². The predicted octanol–water partition coefficient (Wildman–Crippen LogP) is 0.493. The van der Waals surface area contributed by atoms with Crippen LogP contribution >= 0.6 is 0 Å². The molecular weight excluding hydrogens is 248 g/mol. The lowest BCUT2D eigenvalue weighted by molar-refractivity contribution is -0.127. The molecule has 0 aromatic rings. The monoisotopic (exact) mass is 270 g/mol. The molecule has 0 bridgehead atoms. The Morgan fingerprint density at radius 1 is 1.26 bits per heavy atom. The Bertz CT molecular complexity index is 373. The zero-order valence-electron chi connectivity index (χ0n) is 11.7. The second-order valence-electron chi connectivity index (χ2n) is 6.34. The number of carbonyl (C=O) groups is 2. The maximum atomic E-state index is 11.9. The minimum atomic E-state index is -0.814. The first-order valence-electron chi connectivity index (χ1n) is 6.72. The van der Waals surface area contributed by atoms with Gasteiger partial charge >= 0.3 is 6.09 Å². The number of rotatable bonds is 2. The quantitative estimate of drug-likeness (QED) is 0.765. The van der Waals surface area contributed by atoms with Gasteiger partial charge in [0.05, 0.1) is 18.6 Å². The van der Waals surface area contributed by atoms with E-state index in [1.54, 1.807) is 20.8 Å². The van der Waals surface area contributed by atoms with Gasteiger partial charge in [0.2, 0.25) is 5.91 Å². The number of β-amino-alcohol motifs (C(OH)–C–C–N with tert-alkyl or cyclic N) is 1. The Morgan fingerprint density at radius 3 is 2.42 bits per heavy atom. The van der Waals surface area contributed by atoms with Crippen LogP contribution < -0.4 is 5.32 Å². The number of nitrogens with one attached hydrogen (secondary N) is 1. The second-order valence-corrected chi connectivity index (χ2v) is 6.34. The van der Waals surface area contributed by atoms with Crippen LogP contribution in [0.4, 0.5) is 4.79 Å². The van der Waals surface area contributed by atoms with E-state index in [0.717, 1.165) is 12.8 Å². The molecule has 1 saturated carbocycles. The molecule has 1 aliphatic carbocycles. The van der Waals surface area contributed by atoms with Crippen molar-refractivity contribution in [3.63, 3.8) is 0 Å². The van der Waals surface area contributed by atoms with Crippen LogP contribution in [0.3, 0.4) is 0 Å². The van der Waals surface area contributed by atoms with Gasteiger partial charge in [-0.15, -0.1) is 0 Å². The van der Waals surface area contributed by atoms with Crippen LogP contribution in [0, 0.1) is 5.92 Å². The van der Waals surface area contributed by atoms with Gasteiger partial charge < -0.3 is 20.1 Å². The van der Waals surface area contributed by atoms with E-state index in [1.807, 2.05) is 0 Å². The lowest BCUT2D eigenvalue weighted by Gasteiger charge is -2.24. The van der Waals surface area contributed by atoms with E-state index in [9.17, 15) is 14.7 Å². The fourth-order valence-electron chi connectivity index (χ4n) is 2.06. The van der Waals surface area contributed by atoms with Crippen LogP contribution in [0.1, 0.15) is 33.6 Å². The summed E-state index contributed by atoms with van der Waals surface area (Å²) >= 11 is 0. The molecule has 19 heavy (non-hydrogen) atoms. The van der Waals surface area contributed by atoms with Crippen LogP contribution in [-0.2, 0) is 9.53 Å². The average molecular weight is 270 g/mol. The zero-order valence-corrected chi connectivity index (χ0v) is 11.7. The molecular formula is C13H22N2O4. The SMILES string of the molecule is CC(C)(C)OC(=O)N1CC(O)C(C(=O)NC2CC2)C1. The highest BCUT2D eigenvalue weighted by atomic mass is 16.6. The number of likely N-dealkylation sites (tertiary alicyclic amines) is 1. The van der Waals surface area contributed by atoms with Gasteiger partial charge in [-0.2, -0.15) is 0 Å². The first-order valence-corrected chi connectivity index (χ1v) is 6.72. The van der Waals surface area contributed by atoms with Crippen LogP contribution in [0.5, 0.6) is 0 Å². The molecule has 0 aromatic heterocycles. The Morgan fingerprint density at radius 2 is 1.89 bits per heavy atom. The first-order chi connectivity index (χ1) is 8.76. The molecule has 2 fully saturated rings. The Hall–Kier alpha value is -1.30. The largest absolute Gasteiger partial charge is 0.444 e. The van der Waals surface area contributed by atoms with Gasteiger partial charge in [-0.3, -0.25) is 4.79 Å². The summed E-state index contributed by atoms with van der Waals surface area (Å²) in [5.41, 5.74) is -0.573. The van der Waals surface area contributed by atoms with Gasteiger partial charge in [-0.25, -0.2) is 4.79 Å². The summed E-state index contributed by atoms with van der Waals surface area (Å²) in [6, 6.07) is 0.260. The highest BCUT2D eigenvalue weighted by Crippen LogP contribution is 2.23. The zero-order chi connectivity index (χ0) is 14.2. The number of hydrogen-bond donors (Lipinski definition) is 2. The summed E-state index contributed by atoms with van der Waals surface area (Å²) in [6.07, 6.45) is 0.717. The van der Waals surface area contributed by atoms with E-state index in [-0.39, 0.29) is 25.0 Å². The predicted molar refractivity (Wildman–Crippen MR) is 68.5 cm³/mol. The second kappa shape index (κ2) is 5.00. The lowest BCUT2D eigenvalue weighted by Crippen LogP contribution is -2.39. The molecule has 0 aromatic carbocycles. The third-order valence-electron chi connectivity index (χ3n) is 3.20. The molecule has 2 amide bonds. The summed E-state index contributed by atoms with van der Waals surface area (Å²) in [7, 11) is 0. The summed E-state index contributed by atoms with van der Waals surface area (Å²) in [5.74, 6) is -0.714. The van der Waals surface area contributed by atoms with E-state index in [2.05, 4.69) is 5.32 Å². The summed E-state index contributed by atoms with van der Waals surface area (Å²) in [4.78, 5) is 25.2. The molecule has 0 radical (unpaired) electrons. The van der Waals surface area contributed by atoms with Crippen LogP contribution in [0.15, 0.2) is 0 Å². The Labute approximate surface area is 113 Å². The molecule has 2 rings (SSSR count). The summed E-state index contributed by atoms with van der Waals surface area (Å²) < 4.78 is 5.24. The van der Waals surface area contributed by atoms with Gasteiger partial charge in [0.1, 0.15) is 5.60 Å². The van der Waals surface area contributed by atoms with Crippen molar-refractivity contribution in [2.45, 2.75) is 51.4 Å². The maximum absolute atomic E-state index is 11.9. The normalized spacial score (nSPS) is 27.3. The number of aliphatic hydroxyl groups excluding tert-OH is 1. The third kappa shape index (κ3) is 3.83. The van der Waals surface area contributed by atoms with Crippen molar-refractivity contribution < 1.29 is 19.4 Å². The lowest BCUT2D eigenvalue weighted by atomic mass is 10.1. The number of aliphatic hydroxyl groups is 1. The molecule has 6 heteroatoms. The van der Waals surface area contributed by atoms with Gasteiger partial charge in [0.25, 0.3) is 0 Å². The van der Waals surface area contributed by atoms with E-state index < -0.39 is 23.7 Å². The minimum Gasteiger partial charge on any atom is -0.444 e. The van der Waals surface area contributed by atoms with E-state index >= 15 is 0 Å². The minimum absolute atomic E-state index is 0.150. The topological polar surface area (TPSA) is 78.9 Å². The van der Waals surface area contributed by atoms with E-state index in [4.69, 9.17) is 4.74 Å². The molecule has 1 heterocycles. The molecule has 2 aliphatic rings. The van der Waals surface area contributed by atoms with Crippen molar-refractivity contribution in [3.8, 4) is 0 Å². The summed E-state index contributed by atoms with van der Waals surface area (Å²) in [6.45, 7) is 5.73. The van der Waals surface area contributed by atoms with Crippen molar-refractivity contribution in [2.24, 2.45) is 5.92 Å². The third-order valence-corrected chi connectivity index (χ3v) is 3.20. The molecule has 0 spiro atoms. The molecule has 6 nitrogen and oxygen atoms in total. The van der Waals surface area contributed by atoms with Crippen molar-refractivity contribution in [1.29, 1.82) is 0 Å². The van der Waals surface area contributed by atoms with Gasteiger partial charge in [-0.05, 0) is 33.6 Å². The van der Waals surface area contributed by atoms with Crippen molar-refractivity contribution >= 4 is 12.0 Å². The number of amides is 2. The molecule has 2 unspecified atom stereocenters. The molecule has 1 saturated heterocycles. The van der Waals surface area contributed by atoms with Crippen LogP contribution in [0.2, 0.25) is 0 Å². The van der Waals surface area contributed by atoms with Crippen LogP contribution in [-0.4, -0.2) is 52.8 Å². The Balaban J connectivity index is 1.88. The van der Waals surface area contributed by atoms with Gasteiger partial charge in [-0.1, -0.05) is 0 Å². The maximum Gasteiger partial charge on any atom is 0.410 e. The van der Waals surface area contributed by atoms with E-state index in [0.29, 0.717) is 0 Å². The highest BCUT2D eigenvalue weighted by molar-refractivity contribution is 5.81. The standard InChI is InChI=1S/C13H22N2O4/c1-13(2,3)19-12(18)15-6-9(10(16)7-15)11(17)14-8-4-5-8/h8-10,16H,4-7H2,1-3H3,(H,14,17). The molecule has 1 aliphatic heterocycles. The number of nitrogens with zero attached hydrogens (tertiary/aromatic N) is 1. The smallest absolute Gasteiger partial charge is 0.410 e. The number of carbonyl (C=O) groups excluding carboxylic acids is 2. The fraction of sp³-hybridized carbons (Fsp3) is 0.846. The van der Waals surface area contributed by atoms with Gasteiger partial charge in [0.15, 0.2) is 0 Å². The van der Waals surface area contributed by atoms with E-state index in [1.165, 1.54) is 4.90 Å². The molecule has 2 N–H and O–H groups in total. The molecule has 2 atom stereocenters. The summed E-state index contributed by atoms with van der Waals surface area (Å²) in [5, 5.41) is 12.8. The average Bonchev–Trinajstić information content (AvgIpc) is 2.96. The fourth-order valence-corrected chi connectivity index (χ4v) is 2.06. The number of hydrogen-bond acceptors (Lipinski definition) is 4. The Kier molecular flexibility index (Phi) is 3.71. The van der Waals surface area contributed by atoms with Crippen molar-refractivity contribution in [3.05, 3.63) is 0 Å². The van der Waals surface area contributed by atoms with Gasteiger partial charge in [0, 0.05) is 12.6 Å².